The van der Waals surface area contributed by atoms with Gasteiger partial charge in [0.1, 0.15) is 6.54 Å². The maximum absolute atomic E-state index is 2.94. The van der Waals surface area contributed by atoms with Crippen molar-refractivity contribution in [3.63, 3.8) is 0 Å². The summed E-state index contributed by atoms with van der Waals surface area (Å²) in [6.45, 7) is 18.7. The van der Waals surface area contributed by atoms with Gasteiger partial charge in [-0.1, -0.05) is 104 Å². The quantitative estimate of drug-likeness (QED) is 0.128. The fourth-order valence-corrected chi connectivity index (χ4v) is 5.66. The Hall–Kier alpha value is -1.94. The first kappa shape index (κ1) is 31.3. The number of quaternary nitrogens is 1. The Bertz CT molecular complexity index is 1020. The van der Waals surface area contributed by atoms with Crippen LogP contribution in [0, 0.1) is 41.5 Å². The standard InChI is InChI=1S/C33H47N2.CH3Br/c1-25-13-26(2)17-31(16-25)22-34(23-32-18-27(3)14-28(4)19-32)11-9-10-12-35(7,8)24-33-20-29(5)15-30(6)21-33;1-2/h13-21H,9-12,22-24H2,1-8H3;1H3/q+1;. The minimum atomic E-state index is 1.01. The van der Waals surface area contributed by atoms with E-state index in [2.05, 4.69) is 131 Å². The Labute approximate surface area is 236 Å². The summed E-state index contributed by atoms with van der Waals surface area (Å²) >= 11 is 2.94. The zero-order valence-corrected chi connectivity index (χ0v) is 26.5. The molecule has 0 saturated heterocycles. The first-order chi connectivity index (χ1) is 17.5. The Morgan fingerprint density at radius 2 is 0.892 bits per heavy atom. The summed E-state index contributed by atoms with van der Waals surface area (Å²) in [5.41, 5.74) is 12.5. The second-order valence-electron chi connectivity index (χ2n) is 11.7. The van der Waals surface area contributed by atoms with Crippen molar-refractivity contribution in [2.75, 3.05) is 33.0 Å². The highest BCUT2D eigenvalue weighted by atomic mass is 79.9. The molecule has 0 saturated carbocycles. The highest BCUT2D eigenvalue weighted by molar-refractivity contribution is 9.08. The Balaban J connectivity index is 0.00000235. The van der Waals surface area contributed by atoms with Gasteiger partial charge in [-0.15, -0.1) is 0 Å². The van der Waals surface area contributed by atoms with E-state index in [4.69, 9.17) is 0 Å². The van der Waals surface area contributed by atoms with Crippen molar-refractivity contribution in [1.29, 1.82) is 0 Å². The van der Waals surface area contributed by atoms with Crippen molar-refractivity contribution in [1.82, 2.24) is 4.90 Å². The fourth-order valence-electron chi connectivity index (χ4n) is 5.66. The molecule has 37 heavy (non-hydrogen) atoms. The molecule has 0 aliphatic rings. The van der Waals surface area contributed by atoms with Crippen LogP contribution in [0.4, 0.5) is 0 Å². The van der Waals surface area contributed by atoms with E-state index in [0.29, 0.717) is 0 Å². The number of benzene rings is 3. The highest BCUT2D eigenvalue weighted by Gasteiger charge is 2.17. The van der Waals surface area contributed by atoms with Gasteiger partial charge < -0.3 is 4.48 Å². The molecule has 3 aromatic rings. The van der Waals surface area contributed by atoms with Gasteiger partial charge in [0.05, 0.1) is 20.6 Å². The van der Waals surface area contributed by atoms with Crippen molar-refractivity contribution in [3.05, 3.63) is 105 Å². The van der Waals surface area contributed by atoms with Crippen molar-refractivity contribution >= 4 is 15.9 Å². The lowest BCUT2D eigenvalue weighted by Gasteiger charge is -2.31. The fraction of sp³-hybridized carbons (Fsp3) is 0.471. The number of halogens is 1. The van der Waals surface area contributed by atoms with Crippen LogP contribution in [0.2, 0.25) is 0 Å². The van der Waals surface area contributed by atoms with Gasteiger partial charge in [0.2, 0.25) is 0 Å². The third-order valence-electron chi connectivity index (χ3n) is 6.76. The lowest BCUT2D eigenvalue weighted by molar-refractivity contribution is -0.903. The van der Waals surface area contributed by atoms with E-state index in [1.165, 1.54) is 69.5 Å². The van der Waals surface area contributed by atoms with Crippen molar-refractivity contribution in [3.8, 4) is 0 Å². The molecule has 0 N–H and O–H groups in total. The van der Waals surface area contributed by atoms with Crippen LogP contribution in [0.15, 0.2) is 54.6 Å². The summed E-state index contributed by atoms with van der Waals surface area (Å²) in [7, 11) is 4.75. The van der Waals surface area contributed by atoms with Crippen molar-refractivity contribution < 1.29 is 4.48 Å². The van der Waals surface area contributed by atoms with Gasteiger partial charge in [-0.2, -0.15) is 0 Å². The van der Waals surface area contributed by atoms with E-state index in [0.717, 1.165) is 30.7 Å². The molecular weight excluding hydrogens is 516 g/mol. The number of hydrogen-bond acceptors (Lipinski definition) is 1. The molecule has 0 spiro atoms. The largest absolute Gasteiger partial charge is 0.325 e. The summed E-state index contributed by atoms with van der Waals surface area (Å²) in [4.78, 5) is 2.65. The smallest absolute Gasteiger partial charge is 0.104 e. The first-order valence-corrected chi connectivity index (χ1v) is 15.2. The van der Waals surface area contributed by atoms with Gasteiger partial charge in [0.15, 0.2) is 0 Å². The molecule has 2 nitrogen and oxygen atoms in total. The van der Waals surface area contributed by atoms with E-state index < -0.39 is 0 Å². The Morgan fingerprint density at radius 3 is 1.27 bits per heavy atom. The number of nitrogens with zero attached hydrogens (tertiary/aromatic N) is 2. The van der Waals surface area contributed by atoms with Gasteiger partial charge in [0, 0.05) is 18.7 Å². The van der Waals surface area contributed by atoms with Crippen molar-refractivity contribution in [2.45, 2.75) is 74.0 Å². The summed E-state index contributed by atoms with van der Waals surface area (Å²) in [5.74, 6) is 1.81. The molecule has 0 aliphatic carbocycles. The zero-order chi connectivity index (χ0) is 27.6. The van der Waals surface area contributed by atoms with Crippen molar-refractivity contribution in [2.24, 2.45) is 0 Å². The third kappa shape index (κ3) is 11.5. The Morgan fingerprint density at radius 1 is 0.541 bits per heavy atom. The maximum Gasteiger partial charge on any atom is 0.104 e. The summed E-state index contributed by atoms with van der Waals surface area (Å²) < 4.78 is 1.04. The second-order valence-corrected chi connectivity index (χ2v) is 11.7. The predicted molar refractivity (Wildman–Crippen MR) is 167 cm³/mol. The SMILES string of the molecule is CBr.Cc1cc(C)cc(CN(CCCC[N+](C)(C)Cc2cc(C)cc(C)c2)Cc2cc(C)cc(C)c2)c1. The lowest BCUT2D eigenvalue weighted by atomic mass is 10.0. The molecule has 0 unspecified atom stereocenters. The van der Waals surface area contributed by atoms with E-state index in [-0.39, 0.29) is 0 Å². The van der Waals surface area contributed by atoms with Crippen LogP contribution in [0.3, 0.4) is 0 Å². The zero-order valence-electron chi connectivity index (χ0n) is 24.9. The molecule has 0 aliphatic heterocycles. The predicted octanol–water partition coefficient (Wildman–Crippen LogP) is 8.61. The van der Waals surface area contributed by atoms with E-state index >= 15 is 0 Å². The molecule has 0 radical (unpaired) electrons. The number of alkyl halides is 1. The molecule has 3 aromatic carbocycles. The number of hydrogen-bond donors (Lipinski definition) is 0. The van der Waals surface area contributed by atoms with E-state index in [1.54, 1.807) is 0 Å². The molecule has 0 bridgehead atoms. The summed E-state index contributed by atoms with van der Waals surface area (Å²) in [6.07, 6.45) is 2.47. The molecule has 202 valence electrons. The van der Waals surface area contributed by atoms with Crippen LogP contribution in [0.1, 0.15) is 62.9 Å². The van der Waals surface area contributed by atoms with Gasteiger partial charge in [-0.05, 0) is 77.9 Å². The van der Waals surface area contributed by atoms with Crippen LogP contribution in [-0.2, 0) is 19.6 Å². The minimum absolute atomic E-state index is 1.01. The second kappa shape index (κ2) is 14.9. The van der Waals surface area contributed by atoms with Crippen LogP contribution < -0.4 is 0 Å². The lowest BCUT2D eigenvalue weighted by Crippen LogP contribution is -2.39. The van der Waals surface area contributed by atoms with Gasteiger partial charge >= 0.3 is 0 Å². The molecule has 0 atom stereocenters. The van der Waals surface area contributed by atoms with Gasteiger partial charge in [-0.25, -0.2) is 0 Å². The number of aryl methyl sites for hydroxylation is 6. The number of rotatable bonds is 11. The molecule has 3 heteroatoms. The highest BCUT2D eigenvalue weighted by Crippen LogP contribution is 2.18. The van der Waals surface area contributed by atoms with E-state index in [9.17, 15) is 0 Å². The normalized spacial score (nSPS) is 11.4. The maximum atomic E-state index is 2.94. The monoisotopic (exact) mass is 565 g/mol. The summed E-state index contributed by atoms with van der Waals surface area (Å²) in [6, 6.07) is 20.9. The van der Waals surface area contributed by atoms with Crippen LogP contribution >= 0.6 is 15.9 Å². The average molecular weight is 567 g/mol. The first-order valence-electron chi connectivity index (χ1n) is 13.6. The van der Waals surface area contributed by atoms with Crippen LogP contribution in [0.5, 0.6) is 0 Å². The third-order valence-corrected chi connectivity index (χ3v) is 6.76. The van der Waals surface area contributed by atoms with E-state index in [1.807, 2.05) is 5.83 Å². The summed E-state index contributed by atoms with van der Waals surface area (Å²) in [5, 5.41) is 0. The molecular formula is C34H50BrN2+. The van der Waals surface area contributed by atoms with Crippen LogP contribution in [-0.4, -0.2) is 42.4 Å². The van der Waals surface area contributed by atoms with Gasteiger partial charge in [-0.3, -0.25) is 4.90 Å². The molecule has 3 rings (SSSR count). The Kier molecular flexibility index (Phi) is 12.6. The number of unbranched alkanes of at least 4 members (excludes halogenated alkanes) is 1. The van der Waals surface area contributed by atoms with Gasteiger partial charge in [0.25, 0.3) is 0 Å². The molecule has 0 amide bonds. The minimum Gasteiger partial charge on any atom is -0.325 e. The van der Waals surface area contributed by atoms with Crippen LogP contribution in [0.25, 0.3) is 0 Å². The molecule has 0 heterocycles. The average Bonchev–Trinajstić information content (AvgIpc) is 2.75. The molecule has 0 fully saturated rings. The topological polar surface area (TPSA) is 3.24 Å². The molecule has 0 aromatic heterocycles.